The van der Waals surface area contributed by atoms with Crippen LogP contribution in [0.2, 0.25) is 0 Å². The van der Waals surface area contributed by atoms with E-state index < -0.39 is 10.7 Å². The van der Waals surface area contributed by atoms with E-state index in [1.165, 1.54) is 0 Å². The summed E-state index contributed by atoms with van der Waals surface area (Å²) in [7, 11) is 0. The fourth-order valence-corrected chi connectivity index (χ4v) is 0. The number of hydrogen-bond acceptors (Lipinski definition) is 2. The Morgan fingerprint density at radius 1 is 1.10 bits per heavy atom. The molecule has 0 aliphatic heterocycles. The SMILES string of the molecule is C=C.NC(N)=O.O=C(Cl)Cl. The summed E-state index contributed by atoms with van der Waals surface area (Å²) in [4.78, 5) is 18.0. The molecule has 0 aliphatic rings. The molecule has 0 aromatic heterocycles. The number of primary amides is 2. The molecule has 0 aromatic rings. The zero-order valence-corrected chi connectivity index (χ0v) is 6.65. The third-order valence-electron chi connectivity index (χ3n) is 0. The number of amides is 2. The summed E-state index contributed by atoms with van der Waals surface area (Å²) in [6, 6.07) is -0.833. The van der Waals surface area contributed by atoms with Gasteiger partial charge in [0, 0.05) is 0 Å². The normalized spacial score (nSPS) is 5.40. The first-order valence-corrected chi connectivity index (χ1v) is 2.62. The highest BCUT2D eigenvalue weighted by Gasteiger charge is 1.72. The molecule has 0 aromatic carbocycles. The van der Waals surface area contributed by atoms with Gasteiger partial charge in [-0.05, 0) is 23.2 Å². The third kappa shape index (κ3) is 520. The predicted octanol–water partition coefficient (Wildman–Crippen LogP) is 1.41. The summed E-state index contributed by atoms with van der Waals surface area (Å²) in [6.45, 7) is 6.00. The van der Waals surface area contributed by atoms with E-state index in [1.54, 1.807) is 0 Å². The van der Waals surface area contributed by atoms with E-state index in [0.717, 1.165) is 0 Å². The van der Waals surface area contributed by atoms with Gasteiger partial charge in [0.2, 0.25) is 0 Å². The maximum Gasteiger partial charge on any atom is 0.313 e. The summed E-state index contributed by atoms with van der Waals surface area (Å²) >= 11 is 8.80. The number of carbonyl (C=O) groups excluding carboxylic acids is 2. The minimum absolute atomic E-state index is 0.833. The molecule has 0 heterocycles. The van der Waals surface area contributed by atoms with Crippen molar-refractivity contribution in [2.45, 2.75) is 0 Å². The molecule has 4 N–H and O–H groups in total. The minimum atomic E-state index is -0.889. The van der Waals surface area contributed by atoms with Gasteiger partial charge in [-0.3, -0.25) is 4.79 Å². The second-order valence-corrected chi connectivity index (χ2v) is 1.51. The van der Waals surface area contributed by atoms with Crippen LogP contribution < -0.4 is 11.5 Å². The van der Waals surface area contributed by atoms with Crippen molar-refractivity contribution >= 4 is 33.9 Å². The van der Waals surface area contributed by atoms with Crippen LogP contribution in [0.15, 0.2) is 13.2 Å². The number of carbonyl (C=O) groups is 2. The lowest BCUT2D eigenvalue weighted by atomic mass is 11.2. The van der Waals surface area contributed by atoms with Gasteiger partial charge >= 0.3 is 10.7 Å². The maximum absolute atomic E-state index is 9.00. The molecule has 0 rings (SSSR count). The second kappa shape index (κ2) is 15.7. The van der Waals surface area contributed by atoms with Crippen molar-refractivity contribution in [2.75, 3.05) is 0 Å². The van der Waals surface area contributed by atoms with Crippen molar-refractivity contribution in [1.82, 2.24) is 0 Å². The Labute approximate surface area is 68.8 Å². The Hall–Kier alpha value is -0.740. The van der Waals surface area contributed by atoms with Crippen LogP contribution in [0.4, 0.5) is 9.59 Å². The molecule has 6 heteroatoms. The zero-order chi connectivity index (χ0) is 9.15. The number of urea groups is 1. The maximum atomic E-state index is 9.00. The molecule has 60 valence electrons. The van der Waals surface area contributed by atoms with Crippen LogP contribution in [-0.2, 0) is 0 Å². The molecule has 0 saturated carbocycles. The summed E-state index contributed by atoms with van der Waals surface area (Å²) in [5, 5.41) is 0. The van der Waals surface area contributed by atoms with Crippen LogP contribution >= 0.6 is 23.2 Å². The largest absolute Gasteiger partial charge is 0.352 e. The number of halogens is 2. The Bertz CT molecular complexity index is 87.4. The molecule has 0 unspecified atom stereocenters. The fourth-order valence-electron chi connectivity index (χ4n) is 0. The first kappa shape index (κ1) is 16.1. The van der Waals surface area contributed by atoms with Crippen LogP contribution in [0.25, 0.3) is 0 Å². The highest BCUT2D eigenvalue weighted by atomic mass is 35.5. The van der Waals surface area contributed by atoms with Gasteiger partial charge < -0.3 is 11.5 Å². The molecule has 4 nitrogen and oxygen atoms in total. The van der Waals surface area contributed by atoms with Gasteiger partial charge in [0.05, 0.1) is 0 Å². The summed E-state index contributed by atoms with van der Waals surface area (Å²) in [6.07, 6.45) is 0. The van der Waals surface area contributed by atoms with E-state index in [4.69, 9.17) is 9.59 Å². The zero-order valence-electron chi connectivity index (χ0n) is 5.14. The summed E-state index contributed by atoms with van der Waals surface area (Å²) in [5.74, 6) is 0. The van der Waals surface area contributed by atoms with E-state index in [-0.39, 0.29) is 0 Å². The molecule has 0 atom stereocenters. The van der Waals surface area contributed by atoms with Gasteiger partial charge in [-0.2, -0.15) is 0 Å². The van der Waals surface area contributed by atoms with Crippen LogP contribution in [0.5, 0.6) is 0 Å². The van der Waals surface area contributed by atoms with Gasteiger partial charge in [0.25, 0.3) is 0 Å². The standard InChI is InChI=1S/C2H4.CCl2O.CH4N2O/c1-2;2*2-1(3)4/h1-2H2;;(H4,2,3,4). The van der Waals surface area contributed by atoms with Crippen molar-refractivity contribution in [2.24, 2.45) is 11.5 Å². The average Bonchev–Trinajstić information content (AvgIpc) is 1.66. The Balaban J connectivity index is -0.0000000787. The Kier molecular flexibility index (Phi) is 25.4. The van der Waals surface area contributed by atoms with Gasteiger partial charge in [0.15, 0.2) is 0 Å². The number of rotatable bonds is 0. The molecule has 0 bridgehead atoms. The van der Waals surface area contributed by atoms with Gasteiger partial charge in [-0.15, -0.1) is 13.2 Å². The quantitative estimate of drug-likeness (QED) is 0.443. The smallest absolute Gasteiger partial charge is 0.313 e. The van der Waals surface area contributed by atoms with E-state index in [1.807, 2.05) is 0 Å². The highest BCUT2D eigenvalue weighted by Crippen LogP contribution is 1.84. The Morgan fingerprint density at radius 2 is 1.10 bits per heavy atom. The monoisotopic (exact) mass is 186 g/mol. The molecular weight excluding hydrogens is 179 g/mol. The molecular formula is C4H8Cl2N2O2. The third-order valence-corrected chi connectivity index (χ3v) is 0. The summed E-state index contributed by atoms with van der Waals surface area (Å²) in [5.41, 5.74) is 8.50. The molecule has 0 saturated heterocycles. The molecule has 10 heavy (non-hydrogen) atoms. The van der Waals surface area contributed by atoms with E-state index in [2.05, 4.69) is 47.8 Å². The highest BCUT2D eigenvalue weighted by molar-refractivity contribution is 6.93. The van der Waals surface area contributed by atoms with Crippen molar-refractivity contribution in [3.63, 3.8) is 0 Å². The van der Waals surface area contributed by atoms with E-state index in [9.17, 15) is 0 Å². The van der Waals surface area contributed by atoms with Crippen molar-refractivity contribution in [3.8, 4) is 0 Å². The number of nitrogens with two attached hydrogens (primary N) is 2. The predicted molar refractivity (Wildman–Crippen MR) is 42.1 cm³/mol. The second-order valence-electron chi connectivity index (χ2n) is 0.628. The van der Waals surface area contributed by atoms with Crippen LogP contribution in [0.3, 0.4) is 0 Å². The minimum Gasteiger partial charge on any atom is -0.352 e. The fraction of sp³-hybridized carbons (Fsp3) is 0. The van der Waals surface area contributed by atoms with Crippen LogP contribution in [0, 0.1) is 0 Å². The van der Waals surface area contributed by atoms with E-state index in [0.29, 0.717) is 0 Å². The van der Waals surface area contributed by atoms with Crippen molar-refractivity contribution in [1.29, 1.82) is 0 Å². The molecule has 0 radical (unpaired) electrons. The van der Waals surface area contributed by atoms with E-state index >= 15 is 0 Å². The Morgan fingerprint density at radius 3 is 1.10 bits per heavy atom. The molecule has 2 amide bonds. The lowest BCUT2D eigenvalue weighted by molar-refractivity contribution is 0.256. The first-order valence-electron chi connectivity index (χ1n) is 1.86. The van der Waals surface area contributed by atoms with Crippen molar-refractivity contribution in [3.05, 3.63) is 13.2 Å². The first-order chi connectivity index (χ1) is 4.46. The average molecular weight is 187 g/mol. The van der Waals surface area contributed by atoms with Gasteiger partial charge in [0.1, 0.15) is 0 Å². The van der Waals surface area contributed by atoms with Gasteiger partial charge in [-0.25, -0.2) is 4.79 Å². The molecule has 0 fully saturated rings. The van der Waals surface area contributed by atoms with Crippen LogP contribution in [0.1, 0.15) is 0 Å². The topological polar surface area (TPSA) is 86.2 Å². The van der Waals surface area contributed by atoms with Crippen LogP contribution in [-0.4, -0.2) is 10.7 Å². The summed E-state index contributed by atoms with van der Waals surface area (Å²) < 4.78 is -0.889. The van der Waals surface area contributed by atoms with Crippen molar-refractivity contribution < 1.29 is 9.59 Å². The molecule has 0 aliphatic carbocycles. The lowest BCUT2D eigenvalue weighted by Crippen LogP contribution is -2.18. The van der Waals surface area contributed by atoms with Gasteiger partial charge in [-0.1, -0.05) is 0 Å². The molecule has 0 spiro atoms. The number of hydrogen-bond donors (Lipinski definition) is 2. The lowest BCUT2D eigenvalue weighted by Gasteiger charge is -1.62.